The van der Waals surface area contributed by atoms with Gasteiger partial charge in [0.25, 0.3) is 0 Å². The average Bonchev–Trinajstić information content (AvgIpc) is 2.74. The smallest absolute Gasteiger partial charge is 0.338 e. The fourth-order valence-electron chi connectivity index (χ4n) is 2.74. The zero-order valence-corrected chi connectivity index (χ0v) is 17.9. The molecule has 3 rings (SSSR count). The van der Waals surface area contributed by atoms with Crippen molar-refractivity contribution in [2.45, 2.75) is 31.0 Å². The lowest BCUT2D eigenvalue weighted by atomic mass is 10.1. The molecule has 1 N–H and O–H groups in total. The SMILES string of the molecule is CCOC(=O)c1ccc(NC(=O)C(C)Sc2cc(-c3ccccc3)nc(C)n2)cc1. The second-order valence-corrected chi connectivity index (χ2v) is 7.91. The van der Waals surface area contributed by atoms with Crippen molar-refractivity contribution in [1.29, 1.82) is 0 Å². The average molecular weight is 422 g/mol. The van der Waals surface area contributed by atoms with E-state index in [2.05, 4.69) is 15.3 Å². The summed E-state index contributed by atoms with van der Waals surface area (Å²) in [5.41, 5.74) is 2.89. The molecule has 2 aromatic carbocycles. The lowest BCUT2D eigenvalue weighted by Crippen LogP contribution is -2.22. The van der Waals surface area contributed by atoms with Gasteiger partial charge in [-0.2, -0.15) is 0 Å². The number of nitrogens with one attached hydrogen (secondary N) is 1. The molecule has 3 aromatic rings. The van der Waals surface area contributed by atoms with Crippen LogP contribution >= 0.6 is 11.8 Å². The van der Waals surface area contributed by atoms with Gasteiger partial charge in [0.05, 0.1) is 23.1 Å². The second-order valence-electron chi connectivity index (χ2n) is 6.55. The van der Waals surface area contributed by atoms with E-state index in [1.54, 1.807) is 31.2 Å². The zero-order valence-electron chi connectivity index (χ0n) is 17.1. The number of hydrogen-bond acceptors (Lipinski definition) is 6. The van der Waals surface area contributed by atoms with Crippen molar-refractivity contribution < 1.29 is 14.3 Å². The molecule has 0 aliphatic heterocycles. The summed E-state index contributed by atoms with van der Waals surface area (Å²) in [6.07, 6.45) is 0. The highest BCUT2D eigenvalue weighted by Gasteiger charge is 2.17. The second kappa shape index (κ2) is 10.0. The van der Waals surface area contributed by atoms with Gasteiger partial charge in [-0.3, -0.25) is 4.79 Å². The molecule has 0 bridgehead atoms. The highest BCUT2D eigenvalue weighted by molar-refractivity contribution is 8.00. The van der Waals surface area contributed by atoms with E-state index in [1.165, 1.54) is 11.8 Å². The largest absolute Gasteiger partial charge is 0.462 e. The summed E-state index contributed by atoms with van der Waals surface area (Å²) in [5.74, 6) is 0.120. The van der Waals surface area contributed by atoms with Crippen LogP contribution in [0, 0.1) is 6.92 Å². The Morgan fingerprint density at radius 2 is 1.77 bits per heavy atom. The molecule has 1 unspecified atom stereocenters. The standard InChI is InChI=1S/C23H23N3O3S/c1-4-29-23(28)18-10-12-19(13-11-18)26-22(27)15(2)30-21-14-20(24-16(3)25-21)17-8-6-5-7-9-17/h5-15H,4H2,1-3H3,(H,26,27). The number of ether oxygens (including phenoxy) is 1. The van der Waals surface area contributed by atoms with Crippen molar-refractivity contribution in [3.05, 3.63) is 72.1 Å². The maximum Gasteiger partial charge on any atom is 0.338 e. The normalized spacial score (nSPS) is 11.6. The minimum absolute atomic E-state index is 0.151. The first-order valence-electron chi connectivity index (χ1n) is 9.62. The maximum absolute atomic E-state index is 12.6. The third-order valence-electron chi connectivity index (χ3n) is 4.21. The number of thioether (sulfide) groups is 1. The summed E-state index contributed by atoms with van der Waals surface area (Å²) >= 11 is 1.37. The van der Waals surface area contributed by atoms with Crippen molar-refractivity contribution in [2.24, 2.45) is 0 Å². The van der Waals surface area contributed by atoms with Crippen molar-refractivity contribution in [3.63, 3.8) is 0 Å². The Morgan fingerprint density at radius 1 is 1.07 bits per heavy atom. The monoisotopic (exact) mass is 421 g/mol. The van der Waals surface area contributed by atoms with Gasteiger partial charge in [0.1, 0.15) is 10.9 Å². The fourth-order valence-corrected chi connectivity index (χ4v) is 3.63. The molecular weight excluding hydrogens is 398 g/mol. The van der Waals surface area contributed by atoms with Gasteiger partial charge in [-0.15, -0.1) is 0 Å². The van der Waals surface area contributed by atoms with Gasteiger partial charge in [-0.25, -0.2) is 14.8 Å². The van der Waals surface area contributed by atoms with Gasteiger partial charge in [0, 0.05) is 11.3 Å². The minimum atomic E-state index is -0.382. The number of rotatable bonds is 7. The van der Waals surface area contributed by atoms with Crippen LogP contribution in [0.25, 0.3) is 11.3 Å². The van der Waals surface area contributed by atoms with Crippen molar-refractivity contribution >= 4 is 29.3 Å². The number of esters is 1. The fraction of sp³-hybridized carbons (Fsp3) is 0.217. The van der Waals surface area contributed by atoms with Gasteiger partial charge in [0.15, 0.2) is 0 Å². The molecular formula is C23H23N3O3S. The van der Waals surface area contributed by atoms with Crippen LogP contribution in [0.4, 0.5) is 5.69 Å². The van der Waals surface area contributed by atoms with Crippen LogP contribution in [0.15, 0.2) is 65.7 Å². The van der Waals surface area contributed by atoms with E-state index >= 15 is 0 Å². The Kier molecular flexibility index (Phi) is 7.19. The Bertz CT molecular complexity index is 1020. The lowest BCUT2D eigenvalue weighted by Gasteiger charge is -2.13. The highest BCUT2D eigenvalue weighted by atomic mass is 32.2. The number of hydrogen-bond donors (Lipinski definition) is 1. The van der Waals surface area contributed by atoms with Gasteiger partial charge in [-0.1, -0.05) is 42.1 Å². The van der Waals surface area contributed by atoms with Crippen molar-refractivity contribution in [3.8, 4) is 11.3 Å². The molecule has 1 heterocycles. The predicted molar refractivity (Wildman–Crippen MR) is 119 cm³/mol. The number of carbonyl (C=O) groups excluding carboxylic acids is 2. The molecule has 0 fully saturated rings. The number of aryl methyl sites for hydroxylation is 1. The zero-order chi connectivity index (χ0) is 21.5. The summed E-state index contributed by atoms with van der Waals surface area (Å²) in [4.78, 5) is 33.3. The molecule has 0 spiro atoms. The Balaban J connectivity index is 1.66. The quantitative estimate of drug-likeness (QED) is 0.337. The topological polar surface area (TPSA) is 81.2 Å². The molecule has 1 aromatic heterocycles. The number of anilines is 1. The summed E-state index contributed by atoms with van der Waals surface area (Å²) in [5, 5.41) is 3.24. The van der Waals surface area contributed by atoms with E-state index in [0.717, 1.165) is 16.3 Å². The summed E-state index contributed by atoms with van der Waals surface area (Å²) in [7, 11) is 0. The Morgan fingerprint density at radius 3 is 2.43 bits per heavy atom. The number of benzene rings is 2. The molecule has 6 nitrogen and oxygen atoms in total. The molecule has 0 radical (unpaired) electrons. The summed E-state index contributed by atoms with van der Waals surface area (Å²) < 4.78 is 4.96. The predicted octanol–water partition coefficient (Wildman–Crippen LogP) is 4.75. The number of carbonyl (C=O) groups is 2. The first kappa shape index (κ1) is 21.5. The van der Waals surface area contributed by atoms with E-state index in [1.807, 2.05) is 50.2 Å². The first-order valence-corrected chi connectivity index (χ1v) is 10.5. The Hall–Kier alpha value is -3.19. The van der Waals surface area contributed by atoms with Gasteiger partial charge >= 0.3 is 5.97 Å². The van der Waals surface area contributed by atoms with Crippen LogP contribution < -0.4 is 5.32 Å². The van der Waals surface area contributed by atoms with Crippen LogP contribution in [0.2, 0.25) is 0 Å². The van der Waals surface area contributed by atoms with Gasteiger partial charge in [0.2, 0.25) is 5.91 Å². The summed E-state index contributed by atoms with van der Waals surface area (Å²) in [6, 6.07) is 18.4. The van der Waals surface area contributed by atoms with Crippen LogP contribution in [0.5, 0.6) is 0 Å². The molecule has 0 aliphatic carbocycles. The third-order valence-corrected chi connectivity index (χ3v) is 5.23. The van der Waals surface area contributed by atoms with Crippen molar-refractivity contribution in [2.75, 3.05) is 11.9 Å². The highest BCUT2D eigenvalue weighted by Crippen LogP contribution is 2.26. The van der Waals surface area contributed by atoms with Gasteiger partial charge < -0.3 is 10.1 Å². The molecule has 154 valence electrons. The molecule has 30 heavy (non-hydrogen) atoms. The van der Waals surface area contributed by atoms with Gasteiger partial charge in [-0.05, 0) is 51.1 Å². The molecule has 0 saturated heterocycles. The van der Waals surface area contributed by atoms with E-state index < -0.39 is 0 Å². The first-order chi connectivity index (χ1) is 14.5. The molecule has 7 heteroatoms. The number of nitrogens with zero attached hydrogens (tertiary/aromatic N) is 2. The molecule has 0 saturated carbocycles. The molecule has 0 aliphatic rings. The minimum Gasteiger partial charge on any atom is -0.462 e. The van der Waals surface area contributed by atoms with Crippen LogP contribution in [0.3, 0.4) is 0 Å². The molecule has 1 amide bonds. The van der Waals surface area contributed by atoms with Crippen molar-refractivity contribution in [1.82, 2.24) is 9.97 Å². The third kappa shape index (κ3) is 5.67. The van der Waals surface area contributed by atoms with Crippen LogP contribution in [0.1, 0.15) is 30.0 Å². The van der Waals surface area contributed by atoms with E-state index in [9.17, 15) is 9.59 Å². The summed E-state index contributed by atoms with van der Waals surface area (Å²) in [6.45, 7) is 5.74. The molecule has 1 atom stereocenters. The van der Waals surface area contributed by atoms with Crippen LogP contribution in [-0.2, 0) is 9.53 Å². The van der Waals surface area contributed by atoms with E-state index in [-0.39, 0.29) is 17.1 Å². The van der Waals surface area contributed by atoms with E-state index in [0.29, 0.717) is 23.7 Å². The Labute approximate surface area is 180 Å². The van der Waals surface area contributed by atoms with E-state index in [4.69, 9.17) is 4.74 Å². The number of aromatic nitrogens is 2. The lowest BCUT2D eigenvalue weighted by molar-refractivity contribution is -0.115. The van der Waals surface area contributed by atoms with Crippen LogP contribution in [-0.4, -0.2) is 33.7 Å². The maximum atomic E-state index is 12.6. The number of amides is 1.